The van der Waals surface area contributed by atoms with E-state index in [2.05, 4.69) is 58.7 Å². The standard InChI is InChI=1S/C30H47NO7/c1-9-28(7)17-30(36-19-27(6,20-37-30)18-35-23(5)32)22(4)29(8,10-2)31(28)38-21(3)24-11-13-25(14-12-24)33-15-26-16-34-26/h11-14,21-22,26H,9-10,15-20H2,1-8H3. The summed E-state index contributed by atoms with van der Waals surface area (Å²) in [6.45, 7) is 19.3. The number of ether oxygens (including phenoxy) is 5. The van der Waals surface area contributed by atoms with Gasteiger partial charge in [0.2, 0.25) is 0 Å². The van der Waals surface area contributed by atoms with E-state index in [4.69, 9.17) is 28.5 Å². The van der Waals surface area contributed by atoms with Crippen LogP contribution >= 0.6 is 0 Å². The fraction of sp³-hybridized carbons (Fsp3) is 0.767. The molecule has 0 bridgehead atoms. The second-order valence-corrected chi connectivity index (χ2v) is 12.3. The van der Waals surface area contributed by atoms with Crippen molar-refractivity contribution in [2.24, 2.45) is 11.3 Å². The van der Waals surface area contributed by atoms with Crippen LogP contribution in [0.15, 0.2) is 24.3 Å². The van der Waals surface area contributed by atoms with E-state index >= 15 is 0 Å². The third-order valence-corrected chi connectivity index (χ3v) is 9.06. The van der Waals surface area contributed by atoms with E-state index in [1.54, 1.807) is 0 Å². The molecule has 0 aliphatic carbocycles. The van der Waals surface area contributed by atoms with Gasteiger partial charge in [0.25, 0.3) is 0 Å². The second-order valence-electron chi connectivity index (χ2n) is 12.3. The molecule has 8 heteroatoms. The quantitative estimate of drug-likeness (QED) is 0.290. The van der Waals surface area contributed by atoms with Crippen LogP contribution in [0.2, 0.25) is 0 Å². The molecule has 5 atom stereocenters. The van der Waals surface area contributed by atoms with Gasteiger partial charge in [0.1, 0.15) is 31.2 Å². The van der Waals surface area contributed by atoms with Gasteiger partial charge in [0, 0.05) is 30.2 Å². The Bertz CT molecular complexity index is 956. The number of carbonyl (C=O) groups is 1. The van der Waals surface area contributed by atoms with Crippen LogP contribution in [0.1, 0.15) is 86.3 Å². The van der Waals surface area contributed by atoms with Crippen molar-refractivity contribution in [1.29, 1.82) is 0 Å². The SMILES string of the molecule is CCC1(C)CC2(OCC(C)(COC(C)=O)CO2)C(C)C(C)(CC)N1OC(C)c1ccc(OCC2CO2)cc1. The number of carbonyl (C=O) groups excluding carboxylic acids is 1. The van der Waals surface area contributed by atoms with E-state index in [0.717, 1.165) is 30.8 Å². The Labute approximate surface area is 228 Å². The number of hydrogen-bond donors (Lipinski definition) is 0. The molecule has 1 aromatic rings. The molecule has 3 saturated heterocycles. The molecule has 0 amide bonds. The van der Waals surface area contributed by atoms with E-state index in [-0.39, 0.29) is 47.2 Å². The average Bonchev–Trinajstić information content (AvgIpc) is 3.74. The molecular formula is C30H47NO7. The number of esters is 1. The molecule has 214 valence electrons. The maximum atomic E-state index is 11.4. The summed E-state index contributed by atoms with van der Waals surface area (Å²) in [6.07, 6.45) is 2.51. The van der Waals surface area contributed by atoms with Gasteiger partial charge in [-0.1, -0.05) is 39.8 Å². The third-order valence-electron chi connectivity index (χ3n) is 9.06. The van der Waals surface area contributed by atoms with Gasteiger partial charge in [-0.25, -0.2) is 0 Å². The van der Waals surface area contributed by atoms with Gasteiger partial charge >= 0.3 is 5.97 Å². The van der Waals surface area contributed by atoms with Gasteiger partial charge in [0.15, 0.2) is 5.79 Å². The number of piperidine rings is 1. The van der Waals surface area contributed by atoms with Crippen molar-refractivity contribution in [3.63, 3.8) is 0 Å². The molecule has 1 spiro atoms. The molecule has 3 aliphatic heterocycles. The maximum absolute atomic E-state index is 11.4. The predicted molar refractivity (Wildman–Crippen MR) is 144 cm³/mol. The van der Waals surface area contributed by atoms with Gasteiger partial charge in [0.05, 0.1) is 25.4 Å². The number of hydrogen-bond acceptors (Lipinski definition) is 8. The highest BCUT2D eigenvalue weighted by molar-refractivity contribution is 5.65. The number of epoxide rings is 1. The van der Waals surface area contributed by atoms with E-state index in [1.165, 1.54) is 6.92 Å². The first kappa shape index (κ1) is 29.3. The highest BCUT2D eigenvalue weighted by Gasteiger charge is 2.63. The van der Waals surface area contributed by atoms with Crippen molar-refractivity contribution < 1.29 is 33.3 Å². The van der Waals surface area contributed by atoms with Crippen molar-refractivity contribution in [1.82, 2.24) is 5.06 Å². The molecular weight excluding hydrogens is 486 g/mol. The fourth-order valence-corrected chi connectivity index (χ4v) is 5.78. The van der Waals surface area contributed by atoms with Crippen LogP contribution in [0.3, 0.4) is 0 Å². The summed E-state index contributed by atoms with van der Waals surface area (Å²) < 4.78 is 29.6. The molecule has 8 nitrogen and oxygen atoms in total. The predicted octanol–water partition coefficient (Wildman–Crippen LogP) is 5.45. The lowest BCUT2D eigenvalue weighted by atomic mass is 9.67. The molecule has 4 rings (SSSR count). The summed E-state index contributed by atoms with van der Waals surface area (Å²) in [5.41, 5.74) is 0.0682. The van der Waals surface area contributed by atoms with Crippen LogP contribution in [0, 0.1) is 11.3 Å². The molecule has 0 radical (unpaired) electrons. The van der Waals surface area contributed by atoms with E-state index < -0.39 is 5.79 Å². The Kier molecular flexibility index (Phi) is 8.51. The fourth-order valence-electron chi connectivity index (χ4n) is 5.78. The molecule has 3 heterocycles. The number of hydroxylamine groups is 2. The van der Waals surface area contributed by atoms with Crippen molar-refractivity contribution in [2.45, 2.75) is 104 Å². The summed E-state index contributed by atoms with van der Waals surface area (Å²) in [5.74, 6) is -0.148. The Morgan fingerprint density at radius 1 is 1.11 bits per heavy atom. The smallest absolute Gasteiger partial charge is 0.302 e. The minimum Gasteiger partial charge on any atom is -0.491 e. The Morgan fingerprint density at radius 3 is 2.26 bits per heavy atom. The van der Waals surface area contributed by atoms with Crippen LogP contribution in [-0.2, 0) is 28.6 Å². The monoisotopic (exact) mass is 533 g/mol. The Hall–Kier alpha value is -1.71. The molecule has 3 fully saturated rings. The third kappa shape index (κ3) is 5.89. The number of rotatable bonds is 10. The van der Waals surface area contributed by atoms with Crippen LogP contribution in [0.25, 0.3) is 0 Å². The summed E-state index contributed by atoms with van der Waals surface area (Å²) in [4.78, 5) is 18.2. The highest BCUT2D eigenvalue weighted by Crippen LogP contribution is 2.54. The van der Waals surface area contributed by atoms with Crippen molar-refractivity contribution in [2.75, 3.05) is 33.0 Å². The lowest BCUT2D eigenvalue weighted by Crippen LogP contribution is -2.74. The highest BCUT2D eigenvalue weighted by atomic mass is 16.7. The van der Waals surface area contributed by atoms with Gasteiger partial charge < -0.3 is 23.7 Å². The Balaban J connectivity index is 1.50. The van der Waals surface area contributed by atoms with E-state index in [1.807, 2.05) is 19.1 Å². The van der Waals surface area contributed by atoms with Gasteiger partial charge in [-0.2, -0.15) is 5.06 Å². The van der Waals surface area contributed by atoms with Crippen molar-refractivity contribution in [3.05, 3.63) is 29.8 Å². The summed E-state index contributed by atoms with van der Waals surface area (Å²) in [5, 5.41) is 2.24. The number of benzene rings is 1. The maximum Gasteiger partial charge on any atom is 0.302 e. The van der Waals surface area contributed by atoms with Crippen molar-refractivity contribution >= 4 is 5.97 Å². The minimum absolute atomic E-state index is 0.0329. The molecule has 0 aromatic heterocycles. The lowest BCUT2D eigenvalue weighted by Gasteiger charge is -2.64. The normalized spacial score (nSPS) is 38.1. The topological polar surface area (TPSA) is 79.0 Å². The zero-order chi connectivity index (χ0) is 27.8. The zero-order valence-corrected chi connectivity index (χ0v) is 24.5. The van der Waals surface area contributed by atoms with Crippen molar-refractivity contribution in [3.8, 4) is 5.75 Å². The van der Waals surface area contributed by atoms with Crippen LogP contribution < -0.4 is 4.74 Å². The minimum atomic E-state index is -0.737. The van der Waals surface area contributed by atoms with Crippen LogP contribution in [0.4, 0.5) is 0 Å². The summed E-state index contributed by atoms with van der Waals surface area (Å²) >= 11 is 0. The first-order valence-electron chi connectivity index (χ1n) is 14.1. The molecule has 5 unspecified atom stereocenters. The molecule has 0 saturated carbocycles. The molecule has 3 aliphatic rings. The first-order chi connectivity index (χ1) is 17.9. The summed E-state index contributed by atoms with van der Waals surface area (Å²) in [6, 6.07) is 8.15. The van der Waals surface area contributed by atoms with Crippen LogP contribution in [-0.4, -0.2) is 67.0 Å². The molecule has 1 aromatic carbocycles. The van der Waals surface area contributed by atoms with Gasteiger partial charge in [-0.3, -0.25) is 9.63 Å². The zero-order valence-electron chi connectivity index (χ0n) is 24.5. The average molecular weight is 534 g/mol. The first-order valence-corrected chi connectivity index (χ1v) is 14.1. The van der Waals surface area contributed by atoms with Crippen LogP contribution in [0.5, 0.6) is 5.75 Å². The second kappa shape index (κ2) is 11.0. The molecule has 38 heavy (non-hydrogen) atoms. The van der Waals surface area contributed by atoms with E-state index in [9.17, 15) is 4.79 Å². The molecule has 0 N–H and O–H groups in total. The Morgan fingerprint density at radius 2 is 1.74 bits per heavy atom. The lowest BCUT2D eigenvalue weighted by molar-refractivity contribution is -0.416. The largest absolute Gasteiger partial charge is 0.491 e. The van der Waals surface area contributed by atoms with Gasteiger partial charge in [-0.15, -0.1) is 0 Å². The number of nitrogens with zero attached hydrogens (tertiary/aromatic N) is 1. The van der Waals surface area contributed by atoms with E-state index in [0.29, 0.717) is 26.2 Å². The van der Waals surface area contributed by atoms with Gasteiger partial charge in [-0.05, 0) is 51.3 Å². The summed E-state index contributed by atoms with van der Waals surface area (Å²) in [7, 11) is 0.